The van der Waals surface area contributed by atoms with Gasteiger partial charge in [-0.15, -0.1) is 0 Å². The van der Waals surface area contributed by atoms with Crippen molar-refractivity contribution in [3.05, 3.63) is 38.4 Å². The number of nitrogens with zero attached hydrogens (tertiary/aromatic N) is 2. The first-order valence-corrected chi connectivity index (χ1v) is 8.10. The van der Waals surface area contributed by atoms with Crippen LogP contribution in [0.15, 0.2) is 23.1 Å². The summed E-state index contributed by atoms with van der Waals surface area (Å²) in [4.78, 5) is 20.2. The second-order valence-electron chi connectivity index (χ2n) is 4.63. The average molecular weight is 314 g/mol. The van der Waals surface area contributed by atoms with Crippen molar-refractivity contribution in [2.45, 2.75) is 43.9 Å². The number of benzene rings is 1. The number of hydrogen-bond donors (Lipinski definition) is 0. The van der Waals surface area contributed by atoms with Crippen molar-refractivity contribution >= 4 is 22.2 Å². The largest absolute Gasteiger partial charge is 0.292 e. The molecule has 0 spiro atoms. The molecule has 0 N–H and O–H groups in total. The summed E-state index contributed by atoms with van der Waals surface area (Å²) in [7, 11) is -1.51. The van der Waals surface area contributed by atoms with Gasteiger partial charge in [-0.2, -0.15) is 0 Å². The average Bonchev–Trinajstić information content (AvgIpc) is 2.46. The third-order valence-corrected chi connectivity index (χ3v) is 4.52. The Morgan fingerprint density at radius 3 is 2.29 bits per heavy atom. The molecule has 21 heavy (non-hydrogen) atoms. The van der Waals surface area contributed by atoms with E-state index >= 15 is 0 Å². The highest BCUT2D eigenvalue weighted by atomic mass is 32.2. The molecule has 1 rings (SSSR count). The number of unbranched alkanes of at least 4 members (excludes halogenated alkanes) is 4. The van der Waals surface area contributed by atoms with E-state index in [0.717, 1.165) is 44.2 Å². The van der Waals surface area contributed by atoms with Crippen LogP contribution >= 0.6 is 0 Å². The molecular weight excluding hydrogens is 296 g/mol. The van der Waals surface area contributed by atoms with E-state index in [4.69, 9.17) is 0 Å². The van der Waals surface area contributed by atoms with E-state index in [1.165, 1.54) is 6.07 Å². The Morgan fingerprint density at radius 2 is 1.71 bits per heavy atom. The van der Waals surface area contributed by atoms with Crippen molar-refractivity contribution in [3.8, 4) is 0 Å². The molecule has 0 saturated carbocycles. The lowest BCUT2D eigenvalue weighted by molar-refractivity contribution is -0.396. The summed E-state index contributed by atoms with van der Waals surface area (Å²) in [6.07, 6.45) is 4.93. The number of rotatable bonds is 9. The zero-order valence-corrected chi connectivity index (χ0v) is 12.6. The van der Waals surface area contributed by atoms with Gasteiger partial charge >= 0.3 is 0 Å². The van der Waals surface area contributed by atoms with Crippen LogP contribution in [0, 0.1) is 20.2 Å². The topological polar surface area (TPSA) is 103 Å². The number of hydrogen-bond acceptors (Lipinski definition) is 5. The maximum atomic E-state index is 12.1. The molecular formula is C13H18N2O5S. The molecule has 0 heterocycles. The van der Waals surface area contributed by atoms with Gasteiger partial charge in [0.2, 0.25) is 0 Å². The Hall–Kier alpha value is -1.83. The summed E-state index contributed by atoms with van der Waals surface area (Å²) >= 11 is 0. The number of nitro benzene ring substituents is 2. The Balaban J connectivity index is 2.79. The van der Waals surface area contributed by atoms with Gasteiger partial charge in [0.1, 0.15) is 4.90 Å². The Kier molecular flexibility index (Phi) is 6.93. The van der Waals surface area contributed by atoms with Crippen LogP contribution in [0.3, 0.4) is 0 Å². The molecule has 7 nitrogen and oxygen atoms in total. The number of non-ortho nitro benzene ring substituents is 1. The summed E-state index contributed by atoms with van der Waals surface area (Å²) in [6.45, 7) is 2.10. The molecule has 1 aromatic rings. The molecule has 1 unspecified atom stereocenters. The van der Waals surface area contributed by atoms with Crippen LogP contribution in [0.25, 0.3) is 0 Å². The van der Waals surface area contributed by atoms with Crippen LogP contribution in [0.1, 0.15) is 39.0 Å². The lowest BCUT2D eigenvalue weighted by Gasteiger charge is -2.04. The lowest BCUT2D eigenvalue weighted by atomic mass is 10.2. The smallest absolute Gasteiger partial charge is 0.258 e. The molecule has 1 aromatic carbocycles. The fourth-order valence-corrected chi connectivity index (χ4v) is 3.17. The van der Waals surface area contributed by atoms with Crippen LogP contribution in [-0.4, -0.2) is 19.8 Å². The van der Waals surface area contributed by atoms with Crippen molar-refractivity contribution in [1.29, 1.82) is 0 Å². The minimum atomic E-state index is -1.51. The maximum absolute atomic E-state index is 12.1. The normalized spacial score (nSPS) is 12.0. The van der Waals surface area contributed by atoms with Crippen molar-refractivity contribution in [1.82, 2.24) is 0 Å². The zero-order valence-electron chi connectivity index (χ0n) is 11.8. The minimum Gasteiger partial charge on any atom is -0.258 e. The van der Waals surface area contributed by atoms with Crippen molar-refractivity contribution in [2.24, 2.45) is 0 Å². The van der Waals surface area contributed by atoms with E-state index in [0.29, 0.717) is 5.75 Å². The van der Waals surface area contributed by atoms with E-state index in [1.54, 1.807) is 0 Å². The molecule has 0 radical (unpaired) electrons. The molecule has 0 saturated heterocycles. The van der Waals surface area contributed by atoms with Gasteiger partial charge < -0.3 is 0 Å². The molecule has 0 aliphatic heterocycles. The van der Waals surface area contributed by atoms with Gasteiger partial charge in [0.25, 0.3) is 11.4 Å². The third kappa shape index (κ3) is 5.22. The van der Waals surface area contributed by atoms with Gasteiger partial charge in [0.15, 0.2) is 0 Å². The predicted octanol–water partition coefficient (Wildman–Crippen LogP) is 3.58. The van der Waals surface area contributed by atoms with Gasteiger partial charge in [-0.3, -0.25) is 24.4 Å². The molecule has 0 aliphatic carbocycles. The fraction of sp³-hybridized carbons (Fsp3) is 0.538. The van der Waals surface area contributed by atoms with Crippen LogP contribution < -0.4 is 0 Å². The predicted molar refractivity (Wildman–Crippen MR) is 79.8 cm³/mol. The number of nitro groups is 2. The van der Waals surface area contributed by atoms with E-state index in [-0.39, 0.29) is 10.6 Å². The summed E-state index contributed by atoms with van der Waals surface area (Å²) < 4.78 is 12.1. The quantitative estimate of drug-likeness (QED) is 0.393. The minimum absolute atomic E-state index is 0.0566. The first-order valence-electron chi connectivity index (χ1n) is 6.78. The second-order valence-corrected chi connectivity index (χ2v) is 6.17. The SMILES string of the molecule is CCCCCCCS(=O)c1ccc([N+](=O)[O-])cc1[N+](=O)[O-]. The van der Waals surface area contributed by atoms with Gasteiger partial charge in [-0.1, -0.05) is 32.6 Å². The summed E-state index contributed by atoms with van der Waals surface area (Å²) in [5.74, 6) is 0.336. The van der Waals surface area contributed by atoms with Crippen molar-refractivity contribution in [2.75, 3.05) is 5.75 Å². The van der Waals surface area contributed by atoms with E-state index in [1.807, 2.05) is 0 Å². The first-order chi connectivity index (χ1) is 9.97. The van der Waals surface area contributed by atoms with Gasteiger partial charge in [0.05, 0.1) is 26.7 Å². The Bertz CT molecular complexity index is 547. The first kappa shape index (κ1) is 17.2. The van der Waals surface area contributed by atoms with Crippen LogP contribution in [0.4, 0.5) is 11.4 Å². The van der Waals surface area contributed by atoms with Crippen LogP contribution in [0.5, 0.6) is 0 Å². The summed E-state index contributed by atoms with van der Waals surface area (Å²) in [5.41, 5.74) is -0.818. The van der Waals surface area contributed by atoms with E-state index < -0.39 is 26.3 Å². The molecule has 0 bridgehead atoms. The molecule has 0 aromatic heterocycles. The van der Waals surface area contributed by atoms with E-state index in [2.05, 4.69) is 6.92 Å². The highest BCUT2D eigenvalue weighted by Gasteiger charge is 2.22. The molecule has 0 aliphatic rings. The molecule has 1 atom stereocenters. The molecule has 116 valence electrons. The van der Waals surface area contributed by atoms with Crippen molar-refractivity contribution in [3.63, 3.8) is 0 Å². The van der Waals surface area contributed by atoms with Gasteiger partial charge in [-0.05, 0) is 12.5 Å². The monoisotopic (exact) mass is 314 g/mol. The Morgan fingerprint density at radius 1 is 1.05 bits per heavy atom. The van der Waals surface area contributed by atoms with Gasteiger partial charge in [0, 0.05) is 11.8 Å². The highest BCUT2D eigenvalue weighted by Crippen LogP contribution is 2.27. The van der Waals surface area contributed by atoms with Crippen molar-refractivity contribution < 1.29 is 14.1 Å². The zero-order chi connectivity index (χ0) is 15.8. The maximum Gasteiger partial charge on any atom is 0.292 e. The molecule has 0 fully saturated rings. The summed E-state index contributed by atoms with van der Waals surface area (Å²) in [6, 6.07) is 3.24. The van der Waals surface area contributed by atoms with Crippen LogP contribution in [0.2, 0.25) is 0 Å². The fourth-order valence-electron chi connectivity index (χ4n) is 1.90. The second kappa shape index (κ2) is 8.46. The van der Waals surface area contributed by atoms with Crippen LogP contribution in [-0.2, 0) is 10.8 Å². The summed E-state index contributed by atoms with van der Waals surface area (Å²) in [5, 5.41) is 21.6. The van der Waals surface area contributed by atoms with Gasteiger partial charge in [-0.25, -0.2) is 0 Å². The third-order valence-electron chi connectivity index (χ3n) is 3.03. The standard InChI is InChI=1S/C13H18N2O5S/c1-2-3-4-5-6-9-21(20)13-8-7-11(14(16)17)10-12(13)15(18)19/h7-8,10H,2-6,9H2,1H3. The Labute approximate surface area is 125 Å². The molecule has 0 amide bonds. The highest BCUT2D eigenvalue weighted by molar-refractivity contribution is 7.85. The lowest BCUT2D eigenvalue weighted by Crippen LogP contribution is -2.03. The van der Waals surface area contributed by atoms with E-state index in [9.17, 15) is 24.4 Å². The molecule has 8 heteroatoms.